The average molecular weight is 485 g/mol. The van der Waals surface area contributed by atoms with Crippen molar-refractivity contribution in [2.75, 3.05) is 0 Å². The molecule has 0 saturated heterocycles. The summed E-state index contributed by atoms with van der Waals surface area (Å²) in [4.78, 5) is 11.9. The number of fused-ring (bicyclic) bond motifs is 7. The first-order valence-corrected chi connectivity index (χ1v) is 14.6. The number of rotatable bonds is 1. The van der Waals surface area contributed by atoms with E-state index in [1.807, 2.05) is 0 Å². The van der Waals surface area contributed by atoms with Crippen LogP contribution in [0.25, 0.3) is 0 Å². The van der Waals surface area contributed by atoms with Crippen LogP contribution >= 0.6 is 0 Å². The maximum absolute atomic E-state index is 11.9. The summed E-state index contributed by atoms with van der Waals surface area (Å²) < 4.78 is 5.90. The topological polar surface area (TPSA) is 46.5 Å². The molecular weight excluding hydrogens is 432 g/mol. The summed E-state index contributed by atoms with van der Waals surface area (Å²) in [5.74, 6) is 1.76. The van der Waals surface area contributed by atoms with Crippen LogP contribution in [0.4, 0.5) is 0 Å². The summed E-state index contributed by atoms with van der Waals surface area (Å²) in [5, 5.41) is 11.3. The highest BCUT2D eigenvalue weighted by Crippen LogP contribution is 2.76. The van der Waals surface area contributed by atoms with Crippen molar-refractivity contribution in [3.8, 4) is 0 Å². The molecule has 198 valence electrons. The van der Waals surface area contributed by atoms with Gasteiger partial charge in [-0.25, -0.2) is 0 Å². The standard InChI is InChI=1S/C32H52O3/c1-20(33)35-26-13-14-30(7)23(28(26,4)5)12-15-32(9)24(30)11-10-21-22-18-27(2,3)19-25(34)29(22,6)16-17-31(21,32)8/h18,21,23-26,34H,10-17,19H2,1-9H3. The van der Waals surface area contributed by atoms with Crippen LogP contribution in [0.2, 0.25) is 0 Å². The van der Waals surface area contributed by atoms with Gasteiger partial charge in [-0.2, -0.15) is 0 Å². The van der Waals surface area contributed by atoms with Crippen molar-refractivity contribution < 1.29 is 14.6 Å². The van der Waals surface area contributed by atoms with E-state index in [1.54, 1.807) is 12.5 Å². The maximum atomic E-state index is 11.9. The lowest BCUT2D eigenvalue weighted by Crippen LogP contribution is -2.66. The van der Waals surface area contributed by atoms with E-state index in [0.717, 1.165) is 19.3 Å². The third-order valence-electron chi connectivity index (χ3n) is 13.3. The number of carbonyl (C=O) groups excluding carboxylic acids is 1. The lowest BCUT2D eigenvalue weighted by molar-refractivity contribution is -0.235. The second-order valence-electron chi connectivity index (χ2n) is 15.8. The molecule has 0 amide bonds. The van der Waals surface area contributed by atoms with E-state index in [0.29, 0.717) is 28.6 Å². The fourth-order valence-electron chi connectivity index (χ4n) is 11.2. The molecule has 1 N–H and O–H groups in total. The van der Waals surface area contributed by atoms with Crippen LogP contribution < -0.4 is 0 Å². The minimum absolute atomic E-state index is 0.0168. The van der Waals surface area contributed by atoms with Crippen molar-refractivity contribution in [3.05, 3.63) is 11.6 Å². The molecule has 0 spiro atoms. The normalized spacial score (nSPS) is 52.2. The van der Waals surface area contributed by atoms with Crippen LogP contribution in [-0.4, -0.2) is 23.3 Å². The van der Waals surface area contributed by atoms with Gasteiger partial charge in [0.2, 0.25) is 0 Å². The molecular formula is C32H52O3. The van der Waals surface area contributed by atoms with Crippen molar-refractivity contribution in [2.24, 2.45) is 50.2 Å². The molecule has 0 heterocycles. The third-order valence-corrected chi connectivity index (χ3v) is 13.3. The zero-order valence-electron chi connectivity index (χ0n) is 24.1. The largest absolute Gasteiger partial charge is 0.462 e. The molecule has 3 nitrogen and oxygen atoms in total. The lowest BCUT2D eigenvalue weighted by Gasteiger charge is -2.72. The van der Waals surface area contributed by atoms with E-state index in [9.17, 15) is 9.90 Å². The van der Waals surface area contributed by atoms with Crippen LogP contribution in [0.15, 0.2) is 11.6 Å². The minimum atomic E-state index is -0.224. The van der Waals surface area contributed by atoms with Gasteiger partial charge in [0.25, 0.3) is 0 Å². The second kappa shape index (κ2) is 7.61. The molecule has 5 rings (SSSR count). The van der Waals surface area contributed by atoms with Gasteiger partial charge in [0.1, 0.15) is 6.10 Å². The summed E-state index contributed by atoms with van der Waals surface area (Å²) in [6.45, 7) is 21.2. The highest BCUT2D eigenvalue weighted by atomic mass is 16.5. The molecule has 0 aromatic carbocycles. The van der Waals surface area contributed by atoms with Gasteiger partial charge in [-0.1, -0.05) is 67.0 Å². The second-order valence-corrected chi connectivity index (χ2v) is 15.8. The fraction of sp³-hybridized carbons (Fsp3) is 0.906. The Morgan fingerprint density at radius 3 is 2.20 bits per heavy atom. The van der Waals surface area contributed by atoms with Gasteiger partial charge in [-0.05, 0) is 97.2 Å². The van der Waals surface area contributed by atoms with Crippen molar-refractivity contribution in [3.63, 3.8) is 0 Å². The SMILES string of the molecule is CC(=O)OC1CCC2(C)C(CCC3(C)C2CCC2C4=CC(C)(C)CC(O)C4(C)CCC23C)C1(C)C. The zero-order chi connectivity index (χ0) is 25.8. The number of esters is 1. The summed E-state index contributed by atoms with van der Waals surface area (Å²) in [7, 11) is 0. The number of allylic oxidation sites excluding steroid dienone is 1. The smallest absolute Gasteiger partial charge is 0.302 e. The Kier molecular flexibility index (Phi) is 5.61. The first-order chi connectivity index (χ1) is 16.0. The Balaban J connectivity index is 1.52. The summed E-state index contributed by atoms with van der Waals surface area (Å²) in [6, 6.07) is 0. The van der Waals surface area contributed by atoms with Crippen LogP contribution in [0.3, 0.4) is 0 Å². The molecule has 0 radical (unpaired) electrons. The maximum Gasteiger partial charge on any atom is 0.302 e. The number of hydrogen-bond acceptors (Lipinski definition) is 3. The molecule has 5 aliphatic carbocycles. The number of hydrogen-bond donors (Lipinski definition) is 1. The summed E-state index contributed by atoms with van der Waals surface area (Å²) in [6.07, 6.45) is 12.9. The van der Waals surface area contributed by atoms with Crippen LogP contribution in [0, 0.1) is 50.2 Å². The van der Waals surface area contributed by atoms with E-state index in [1.165, 1.54) is 38.5 Å². The van der Waals surface area contributed by atoms with E-state index in [-0.39, 0.29) is 39.8 Å². The van der Waals surface area contributed by atoms with Crippen molar-refractivity contribution >= 4 is 5.97 Å². The Morgan fingerprint density at radius 1 is 0.857 bits per heavy atom. The molecule has 4 saturated carbocycles. The van der Waals surface area contributed by atoms with Gasteiger partial charge in [-0.15, -0.1) is 0 Å². The average Bonchev–Trinajstić information content (AvgIpc) is 2.72. The molecule has 0 aromatic rings. The Labute approximate surface area is 214 Å². The molecule has 5 aliphatic rings. The molecule has 0 bridgehead atoms. The van der Waals surface area contributed by atoms with E-state index in [4.69, 9.17) is 4.74 Å². The Hall–Kier alpha value is -0.830. The fourth-order valence-corrected chi connectivity index (χ4v) is 11.2. The van der Waals surface area contributed by atoms with Gasteiger partial charge in [0, 0.05) is 17.8 Å². The van der Waals surface area contributed by atoms with Gasteiger partial charge < -0.3 is 9.84 Å². The first-order valence-electron chi connectivity index (χ1n) is 14.6. The zero-order valence-corrected chi connectivity index (χ0v) is 24.1. The van der Waals surface area contributed by atoms with Crippen LogP contribution in [-0.2, 0) is 9.53 Å². The number of aliphatic hydroxyl groups excluding tert-OH is 1. The molecule has 3 heteroatoms. The number of aliphatic hydroxyl groups is 1. The molecule has 0 aliphatic heterocycles. The predicted octanol–water partition coefficient (Wildman–Crippen LogP) is 7.71. The highest BCUT2D eigenvalue weighted by Gasteiger charge is 2.69. The predicted molar refractivity (Wildman–Crippen MR) is 142 cm³/mol. The summed E-state index contributed by atoms with van der Waals surface area (Å²) in [5.41, 5.74) is 2.52. The molecule has 4 fully saturated rings. The van der Waals surface area contributed by atoms with Gasteiger partial charge in [0.15, 0.2) is 0 Å². The quantitative estimate of drug-likeness (QED) is 0.306. The molecule has 9 atom stereocenters. The first kappa shape index (κ1) is 25.8. The van der Waals surface area contributed by atoms with E-state index in [2.05, 4.69) is 61.5 Å². The van der Waals surface area contributed by atoms with Crippen molar-refractivity contribution in [1.82, 2.24) is 0 Å². The van der Waals surface area contributed by atoms with Gasteiger partial charge >= 0.3 is 5.97 Å². The third kappa shape index (κ3) is 3.34. The lowest BCUT2D eigenvalue weighted by atomic mass is 9.32. The van der Waals surface area contributed by atoms with Crippen LogP contribution in [0.1, 0.15) is 120 Å². The van der Waals surface area contributed by atoms with Crippen molar-refractivity contribution in [1.29, 1.82) is 0 Å². The molecule has 35 heavy (non-hydrogen) atoms. The monoisotopic (exact) mass is 484 g/mol. The van der Waals surface area contributed by atoms with E-state index >= 15 is 0 Å². The van der Waals surface area contributed by atoms with Gasteiger partial charge in [0.05, 0.1) is 6.10 Å². The van der Waals surface area contributed by atoms with Crippen LogP contribution in [0.5, 0.6) is 0 Å². The summed E-state index contributed by atoms with van der Waals surface area (Å²) >= 11 is 0. The van der Waals surface area contributed by atoms with E-state index < -0.39 is 0 Å². The number of carbonyl (C=O) groups is 1. The Bertz CT molecular complexity index is 931. The molecule has 0 aromatic heterocycles. The van der Waals surface area contributed by atoms with Gasteiger partial charge in [-0.3, -0.25) is 4.79 Å². The minimum Gasteiger partial charge on any atom is -0.462 e. The Morgan fingerprint density at radius 2 is 1.54 bits per heavy atom. The molecule has 9 unspecified atom stereocenters. The van der Waals surface area contributed by atoms with Crippen molar-refractivity contribution in [2.45, 2.75) is 132 Å². The highest BCUT2D eigenvalue weighted by molar-refractivity contribution is 5.66. The number of ether oxygens (including phenoxy) is 1.